The minimum Gasteiger partial charge on any atom is -0.0882 e. The summed E-state index contributed by atoms with van der Waals surface area (Å²) in [5, 5.41) is 0. The average molecular weight is 110 g/mol. The van der Waals surface area contributed by atoms with E-state index in [2.05, 4.69) is 20.8 Å². The fourth-order valence-electron chi connectivity index (χ4n) is 0.568. The van der Waals surface area contributed by atoms with E-state index in [4.69, 9.17) is 7.85 Å². The fourth-order valence-corrected chi connectivity index (χ4v) is 0.568. The highest BCUT2D eigenvalue weighted by Crippen LogP contribution is 2.25. The van der Waals surface area contributed by atoms with Crippen molar-refractivity contribution in [2.24, 2.45) is 5.41 Å². The topological polar surface area (TPSA) is 0 Å². The Morgan fingerprint density at radius 3 is 2.00 bits per heavy atom. The van der Waals surface area contributed by atoms with E-state index in [1.54, 1.807) is 0 Å². The third-order valence-corrected chi connectivity index (χ3v) is 1.78. The summed E-state index contributed by atoms with van der Waals surface area (Å²) in [6.07, 6.45) is 3.19. The molecule has 2 radical (unpaired) electrons. The second-order valence-corrected chi connectivity index (χ2v) is 3.06. The van der Waals surface area contributed by atoms with Gasteiger partial charge in [0.15, 0.2) is 0 Å². The molecule has 0 fully saturated rings. The van der Waals surface area contributed by atoms with Gasteiger partial charge in [-0.05, 0) is 5.41 Å². The molecule has 0 N–H and O–H groups in total. The molecule has 0 heterocycles. The Hall–Kier alpha value is 0.0649. The second-order valence-electron chi connectivity index (χ2n) is 3.06. The molecule has 0 rings (SSSR count). The van der Waals surface area contributed by atoms with Crippen LogP contribution in [0.1, 0.15) is 33.6 Å². The van der Waals surface area contributed by atoms with E-state index in [1.807, 2.05) is 0 Å². The lowest BCUT2D eigenvalue weighted by Crippen LogP contribution is -2.08. The number of hydrogen-bond donors (Lipinski definition) is 0. The molecule has 0 aromatic carbocycles. The van der Waals surface area contributed by atoms with Crippen molar-refractivity contribution < 1.29 is 0 Å². The average Bonchev–Trinajstić information content (AvgIpc) is 1.67. The lowest BCUT2D eigenvalue weighted by atomic mass is 9.81. The van der Waals surface area contributed by atoms with Crippen LogP contribution in [-0.2, 0) is 0 Å². The zero-order valence-electron chi connectivity index (χ0n) is 6.20. The van der Waals surface area contributed by atoms with Gasteiger partial charge in [-0.15, -0.1) is 0 Å². The van der Waals surface area contributed by atoms with Gasteiger partial charge in [-0.25, -0.2) is 0 Å². The molecule has 0 atom stereocenters. The van der Waals surface area contributed by atoms with Gasteiger partial charge >= 0.3 is 0 Å². The third-order valence-electron chi connectivity index (χ3n) is 1.78. The van der Waals surface area contributed by atoms with Gasteiger partial charge in [0.2, 0.25) is 0 Å². The van der Waals surface area contributed by atoms with E-state index in [-0.39, 0.29) is 0 Å². The van der Waals surface area contributed by atoms with Crippen LogP contribution in [0.25, 0.3) is 0 Å². The smallest absolute Gasteiger partial charge is 0.0653 e. The molecule has 0 aliphatic carbocycles. The predicted molar refractivity (Wildman–Crippen MR) is 39.2 cm³/mol. The maximum atomic E-state index is 5.39. The molecule has 0 amide bonds. The Morgan fingerprint density at radius 2 is 1.88 bits per heavy atom. The molecule has 0 aliphatic heterocycles. The molecule has 0 unspecified atom stereocenters. The molecule has 0 aromatic rings. The van der Waals surface area contributed by atoms with Crippen LogP contribution in [0.5, 0.6) is 0 Å². The summed E-state index contributed by atoms with van der Waals surface area (Å²) in [6.45, 7) is 6.70. The fraction of sp³-hybridized carbons (Fsp3) is 1.00. The summed E-state index contributed by atoms with van der Waals surface area (Å²) in [4.78, 5) is 0. The van der Waals surface area contributed by atoms with Gasteiger partial charge < -0.3 is 0 Å². The van der Waals surface area contributed by atoms with Crippen LogP contribution in [0.2, 0.25) is 6.32 Å². The zero-order valence-corrected chi connectivity index (χ0v) is 6.20. The first kappa shape index (κ1) is 8.06. The summed E-state index contributed by atoms with van der Waals surface area (Å²) in [7, 11) is 5.39. The van der Waals surface area contributed by atoms with Crippen molar-refractivity contribution in [3.8, 4) is 0 Å². The van der Waals surface area contributed by atoms with Crippen LogP contribution in [0.15, 0.2) is 0 Å². The molecule has 0 aromatic heterocycles. The first-order chi connectivity index (χ1) is 3.62. The van der Waals surface area contributed by atoms with Crippen LogP contribution in [0.4, 0.5) is 0 Å². The molecule has 8 heavy (non-hydrogen) atoms. The number of hydrogen-bond acceptors (Lipinski definition) is 0. The van der Waals surface area contributed by atoms with E-state index in [0.29, 0.717) is 5.41 Å². The van der Waals surface area contributed by atoms with Gasteiger partial charge in [0.05, 0.1) is 7.85 Å². The predicted octanol–water partition coefficient (Wildman–Crippen LogP) is 2.40. The van der Waals surface area contributed by atoms with Crippen LogP contribution < -0.4 is 0 Å². The SMILES string of the molecule is [B]CCC(C)(C)CC. The van der Waals surface area contributed by atoms with E-state index in [9.17, 15) is 0 Å². The van der Waals surface area contributed by atoms with E-state index < -0.39 is 0 Å². The van der Waals surface area contributed by atoms with Crippen molar-refractivity contribution in [1.82, 2.24) is 0 Å². The summed E-state index contributed by atoms with van der Waals surface area (Å²) in [5.74, 6) is 0. The normalized spacial score (nSPS) is 11.9. The molecule has 0 aliphatic rings. The van der Waals surface area contributed by atoms with Gasteiger partial charge in [0, 0.05) is 0 Å². The summed E-state index contributed by atoms with van der Waals surface area (Å²) >= 11 is 0. The molecule has 0 spiro atoms. The molecule has 0 nitrogen and oxygen atoms in total. The molecule has 0 saturated carbocycles. The van der Waals surface area contributed by atoms with Crippen molar-refractivity contribution >= 4 is 7.85 Å². The Morgan fingerprint density at radius 1 is 1.38 bits per heavy atom. The molecule has 0 bridgehead atoms. The van der Waals surface area contributed by atoms with Gasteiger partial charge in [-0.2, -0.15) is 0 Å². The van der Waals surface area contributed by atoms with E-state index >= 15 is 0 Å². The largest absolute Gasteiger partial charge is 0.0882 e. The van der Waals surface area contributed by atoms with Crippen LogP contribution in [-0.4, -0.2) is 7.85 Å². The Balaban J connectivity index is 3.37. The minimum atomic E-state index is 0.467. The molecular formula is C7H15B. The maximum Gasteiger partial charge on any atom is 0.0653 e. The van der Waals surface area contributed by atoms with Crippen molar-refractivity contribution in [2.75, 3.05) is 0 Å². The molecule has 1 heteroatoms. The second kappa shape index (κ2) is 3.16. The van der Waals surface area contributed by atoms with Crippen LogP contribution >= 0.6 is 0 Å². The van der Waals surface area contributed by atoms with E-state index in [1.165, 1.54) is 6.42 Å². The lowest BCUT2D eigenvalue weighted by molar-refractivity contribution is 0.338. The standard InChI is InChI=1S/C7H15B/c1-4-7(2,3)5-6-8/h4-6H2,1-3H3. The monoisotopic (exact) mass is 110 g/mol. The van der Waals surface area contributed by atoms with Gasteiger partial charge in [-0.3, -0.25) is 0 Å². The molecular weight excluding hydrogens is 94.9 g/mol. The lowest BCUT2D eigenvalue weighted by Gasteiger charge is -2.20. The highest BCUT2D eigenvalue weighted by molar-refractivity contribution is 6.08. The van der Waals surface area contributed by atoms with Crippen molar-refractivity contribution in [2.45, 2.75) is 39.9 Å². The Labute approximate surface area is 54.1 Å². The highest BCUT2D eigenvalue weighted by Gasteiger charge is 2.11. The van der Waals surface area contributed by atoms with E-state index in [0.717, 1.165) is 12.7 Å². The van der Waals surface area contributed by atoms with Gasteiger partial charge in [0.1, 0.15) is 0 Å². The molecule has 46 valence electrons. The maximum absolute atomic E-state index is 5.39. The molecule has 0 saturated heterocycles. The minimum absolute atomic E-state index is 0.467. The quantitative estimate of drug-likeness (QED) is 0.489. The number of rotatable bonds is 3. The summed E-state index contributed by atoms with van der Waals surface area (Å²) in [6, 6.07) is 0. The van der Waals surface area contributed by atoms with Gasteiger partial charge in [-0.1, -0.05) is 39.9 Å². The van der Waals surface area contributed by atoms with Crippen LogP contribution in [0.3, 0.4) is 0 Å². The van der Waals surface area contributed by atoms with Crippen molar-refractivity contribution in [3.05, 3.63) is 0 Å². The summed E-state index contributed by atoms with van der Waals surface area (Å²) < 4.78 is 0. The summed E-state index contributed by atoms with van der Waals surface area (Å²) in [5.41, 5.74) is 0.467. The Bertz CT molecular complexity index is 57.4. The third kappa shape index (κ3) is 3.12. The first-order valence-electron chi connectivity index (χ1n) is 3.32. The first-order valence-corrected chi connectivity index (χ1v) is 3.32. The van der Waals surface area contributed by atoms with Crippen LogP contribution in [0, 0.1) is 5.41 Å². The van der Waals surface area contributed by atoms with Crippen molar-refractivity contribution in [1.29, 1.82) is 0 Å². The highest BCUT2D eigenvalue weighted by atomic mass is 14.2. The zero-order chi connectivity index (χ0) is 6.62. The van der Waals surface area contributed by atoms with Crippen molar-refractivity contribution in [3.63, 3.8) is 0 Å². The Kier molecular flexibility index (Phi) is 3.19. The van der Waals surface area contributed by atoms with Gasteiger partial charge in [0.25, 0.3) is 0 Å².